The summed E-state index contributed by atoms with van der Waals surface area (Å²) in [6.07, 6.45) is 1.51. The zero-order valence-electron chi connectivity index (χ0n) is 12.3. The summed E-state index contributed by atoms with van der Waals surface area (Å²) in [5.41, 5.74) is 9.15. The van der Waals surface area contributed by atoms with Crippen molar-refractivity contribution in [1.29, 1.82) is 0 Å². The van der Waals surface area contributed by atoms with Gasteiger partial charge in [-0.1, -0.05) is 12.1 Å². The van der Waals surface area contributed by atoms with Crippen LogP contribution in [0.1, 0.15) is 32.7 Å². The lowest BCUT2D eigenvalue weighted by Crippen LogP contribution is -2.24. The molecular formula is C16H18FN3O. The molecule has 1 aromatic heterocycles. The van der Waals surface area contributed by atoms with Gasteiger partial charge in [0.25, 0.3) is 5.91 Å². The first kappa shape index (κ1) is 15.0. The minimum atomic E-state index is -0.244. The highest BCUT2D eigenvalue weighted by Gasteiger charge is 2.11. The van der Waals surface area contributed by atoms with Crippen LogP contribution in [-0.2, 0) is 6.54 Å². The number of aromatic nitrogens is 1. The maximum atomic E-state index is 13.6. The average molecular weight is 287 g/mol. The van der Waals surface area contributed by atoms with E-state index in [0.717, 1.165) is 5.56 Å². The van der Waals surface area contributed by atoms with Gasteiger partial charge in [0.05, 0.1) is 23.1 Å². The number of halogens is 1. The number of nitrogens with one attached hydrogen (secondary N) is 1. The Morgan fingerprint density at radius 2 is 1.86 bits per heavy atom. The molecule has 2 aromatic rings. The molecule has 21 heavy (non-hydrogen) atoms. The molecule has 0 spiro atoms. The molecule has 0 saturated carbocycles. The number of pyridine rings is 1. The fourth-order valence-electron chi connectivity index (χ4n) is 2.19. The predicted molar refractivity (Wildman–Crippen MR) is 80.4 cm³/mol. The molecule has 0 unspecified atom stereocenters. The summed E-state index contributed by atoms with van der Waals surface area (Å²) in [6, 6.07) is 5.05. The van der Waals surface area contributed by atoms with E-state index in [-0.39, 0.29) is 11.7 Å². The van der Waals surface area contributed by atoms with Gasteiger partial charge in [0.15, 0.2) is 0 Å². The van der Waals surface area contributed by atoms with Crippen molar-refractivity contribution in [2.45, 2.75) is 27.3 Å². The fraction of sp³-hybridized carbons (Fsp3) is 0.250. The van der Waals surface area contributed by atoms with Crippen LogP contribution in [0.4, 0.5) is 10.1 Å². The van der Waals surface area contributed by atoms with E-state index >= 15 is 0 Å². The highest BCUT2D eigenvalue weighted by molar-refractivity contribution is 5.95. The molecule has 5 heteroatoms. The van der Waals surface area contributed by atoms with Crippen LogP contribution < -0.4 is 11.1 Å². The largest absolute Gasteiger partial charge is 0.397 e. The standard InChI is InChI=1S/C16H18FN3O/c1-9-4-12(5-10(2)15(9)17)7-20-16(21)14-6-13(18)8-19-11(14)3/h4-6,8H,7,18H2,1-3H3,(H,20,21). The topological polar surface area (TPSA) is 68.0 Å². The van der Waals surface area contributed by atoms with Crippen molar-refractivity contribution in [2.24, 2.45) is 0 Å². The third-order valence-corrected chi connectivity index (χ3v) is 3.30. The maximum Gasteiger partial charge on any atom is 0.253 e. The SMILES string of the molecule is Cc1cc(CNC(=O)c2cc(N)cnc2C)cc(C)c1F. The fourth-order valence-corrected chi connectivity index (χ4v) is 2.19. The summed E-state index contributed by atoms with van der Waals surface area (Å²) < 4.78 is 13.6. The van der Waals surface area contributed by atoms with Crippen molar-refractivity contribution in [2.75, 3.05) is 5.73 Å². The zero-order chi connectivity index (χ0) is 15.6. The molecule has 110 valence electrons. The Balaban J connectivity index is 2.13. The van der Waals surface area contributed by atoms with Gasteiger partial charge in [-0.2, -0.15) is 0 Å². The van der Waals surface area contributed by atoms with E-state index < -0.39 is 0 Å². The summed E-state index contributed by atoms with van der Waals surface area (Å²) in [6.45, 7) is 5.49. The first-order chi connectivity index (χ1) is 9.88. The van der Waals surface area contributed by atoms with Crippen molar-refractivity contribution < 1.29 is 9.18 Å². The van der Waals surface area contributed by atoms with Gasteiger partial charge in [-0.05, 0) is 43.5 Å². The molecule has 0 fully saturated rings. The van der Waals surface area contributed by atoms with Gasteiger partial charge in [0.1, 0.15) is 5.82 Å². The molecule has 0 aliphatic carbocycles. The summed E-state index contributed by atoms with van der Waals surface area (Å²) in [4.78, 5) is 16.2. The van der Waals surface area contributed by atoms with Crippen LogP contribution in [0.2, 0.25) is 0 Å². The lowest BCUT2D eigenvalue weighted by molar-refractivity contribution is 0.0950. The summed E-state index contributed by atoms with van der Waals surface area (Å²) >= 11 is 0. The number of benzene rings is 1. The van der Waals surface area contributed by atoms with Crippen LogP contribution >= 0.6 is 0 Å². The molecule has 1 heterocycles. The van der Waals surface area contributed by atoms with Crippen molar-refractivity contribution in [3.8, 4) is 0 Å². The zero-order valence-corrected chi connectivity index (χ0v) is 12.3. The Hall–Kier alpha value is -2.43. The lowest BCUT2D eigenvalue weighted by atomic mass is 10.1. The summed E-state index contributed by atoms with van der Waals surface area (Å²) in [5, 5.41) is 2.80. The molecule has 1 amide bonds. The number of hydrogen-bond donors (Lipinski definition) is 2. The Labute approximate surface area is 123 Å². The molecular weight excluding hydrogens is 269 g/mol. The van der Waals surface area contributed by atoms with Crippen LogP contribution in [-0.4, -0.2) is 10.9 Å². The number of anilines is 1. The Bertz CT molecular complexity index is 675. The van der Waals surface area contributed by atoms with Gasteiger partial charge in [-0.15, -0.1) is 0 Å². The van der Waals surface area contributed by atoms with E-state index in [1.807, 2.05) is 0 Å². The van der Waals surface area contributed by atoms with Crippen molar-refractivity contribution in [3.05, 3.63) is 58.2 Å². The molecule has 1 aromatic carbocycles. The van der Waals surface area contributed by atoms with E-state index in [1.54, 1.807) is 39.0 Å². The Morgan fingerprint density at radius 1 is 1.24 bits per heavy atom. The van der Waals surface area contributed by atoms with E-state index in [4.69, 9.17) is 5.73 Å². The normalized spacial score (nSPS) is 10.5. The second-order valence-electron chi connectivity index (χ2n) is 5.13. The van der Waals surface area contributed by atoms with E-state index in [1.165, 1.54) is 6.20 Å². The van der Waals surface area contributed by atoms with E-state index in [2.05, 4.69) is 10.3 Å². The first-order valence-corrected chi connectivity index (χ1v) is 6.64. The number of carbonyl (C=O) groups is 1. The van der Waals surface area contributed by atoms with Crippen molar-refractivity contribution in [3.63, 3.8) is 0 Å². The Kier molecular flexibility index (Phi) is 4.21. The maximum absolute atomic E-state index is 13.6. The van der Waals surface area contributed by atoms with Crippen LogP contribution in [0, 0.1) is 26.6 Å². The molecule has 0 atom stereocenters. The molecule has 4 nitrogen and oxygen atoms in total. The number of aryl methyl sites for hydroxylation is 3. The smallest absolute Gasteiger partial charge is 0.253 e. The van der Waals surface area contributed by atoms with Crippen molar-refractivity contribution in [1.82, 2.24) is 10.3 Å². The van der Waals surface area contributed by atoms with Gasteiger partial charge in [-0.3, -0.25) is 9.78 Å². The van der Waals surface area contributed by atoms with E-state index in [0.29, 0.717) is 34.6 Å². The van der Waals surface area contributed by atoms with E-state index in [9.17, 15) is 9.18 Å². The molecule has 0 saturated heterocycles. The predicted octanol–water partition coefficient (Wildman–Crippen LogP) is 2.66. The van der Waals surface area contributed by atoms with Crippen LogP contribution in [0.3, 0.4) is 0 Å². The molecule has 2 rings (SSSR count). The second kappa shape index (κ2) is 5.91. The minimum absolute atomic E-state index is 0.207. The van der Waals surface area contributed by atoms with Crippen LogP contribution in [0.25, 0.3) is 0 Å². The quantitative estimate of drug-likeness (QED) is 0.912. The molecule has 0 aliphatic rings. The van der Waals surface area contributed by atoms with Gasteiger partial charge in [0, 0.05) is 6.54 Å². The lowest BCUT2D eigenvalue weighted by Gasteiger charge is -2.10. The van der Waals surface area contributed by atoms with Crippen LogP contribution in [0.15, 0.2) is 24.4 Å². The molecule has 0 aliphatic heterocycles. The third-order valence-electron chi connectivity index (χ3n) is 3.30. The highest BCUT2D eigenvalue weighted by atomic mass is 19.1. The van der Waals surface area contributed by atoms with Crippen LogP contribution in [0.5, 0.6) is 0 Å². The van der Waals surface area contributed by atoms with Crippen molar-refractivity contribution >= 4 is 11.6 Å². The van der Waals surface area contributed by atoms with Gasteiger partial charge in [-0.25, -0.2) is 4.39 Å². The van der Waals surface area contributed by atoms with Gasteiger partial charge in [0.2, 0.25) is 0 Å². The molecule has 0 radical (unpaired) electrons. The molecule has 0 bridgehead atoms. The minimum Gasteiger partial charge on any atom is -0.397 e. The molecule has 3 N–H and O–H groups in total. The van der Waals surface area contributed by atoms with Gasteiger partial charge < -0.3 is 11.1 Å². The number of nitrogens with zero attached hydrogens (tertiary/aromatic N) is 1. The number of carbonyl (C=O) groups excluding carboxylic acids is 1. The monoisotopic (exact) mass is 287 g/mol. The third kappa shape index (κ3) is 3.37. The number of hydrogen-bond acceptors (Lipinski definition) is 3. The van der Waals surface area contributed by atoms with Gasteiger partial charge >= 0.3 is 0 Å². The summed E-state index contributed by atoms with van der Waals surface area (Å²) in [5.74, 6) is -0.451. The number of amides is 1. The first-order valence-electron chi connectivity index (χ1n) is 6.64. The number of nitrogens with two attached hydrogens (primary N) is 1. The number of rotatable bonds is 3. The average Bonchev–Trinajstić information content (AvgIpc) is 2.44. The number of nitrogen functional groups attached to an aromatic ring is 1. The summed E-state index contributed by atoms with van der Waals surface area (Å²) in [7, 11) is 0. The Morgan fingerprint density at radius 3 is 2.48 bits per heavy atom. The second-order valence-corrected chi connectivity index (χ2v) is 5.13. The highest BCUT2D eigenvalue weighted by Crippen LogP contribution is 2.15.